The Hall–Kier alpha value is -0.990. The average molecular weight is 214 g/mol. The molecule has 0 bridgehead atoms. The van der Waals surface area contributed by atoms with Gasteiger partial charge in [-0.3, -0.25) is 0 Å². The molecule has 2 aromatic rings. The first-order chi connectivity index (χ1) is 6.25. The third-order valence-electron chi connectivity index (χ3n) is 1.62. The van der Waals surface area contributed by atoms with Gasteiger partial charge in [0.15, 0.2) is 0 Å². The molecule has 0 spiro atoms. The van der Waals surface area contributed by atoms with Gasteiger partial charge in [0, 0.05) is 10.6 Å². The molecule has 1 heterocycles. The van der Waals surface area contributed by atoms with E-state index in [2.05, 4.69) is 4.98 Å². The van der Waals surface area contributed by atoms with Gasteiger partial charge >= 0.3 is 0 Å². The molecule has 0 saturated heterocycles. The molecule has 0 saturated carbocycles. The Morgan fingerprint density at radius 2 is 1.77 bits per heavy atom. The van der Waals surface area contributed by atoms with Gasteiger partial charge in [-0.05, 0) is 23.7 Å². The van der Waals surface area contributed by atoms with Crippen molar-refractivity contribution in [3.05, 3.63) is 40.9 Å². The molecule has 1 aromatic carbocycles. The van der Waals surface area contributed by atoms with Crippen LogP contribution < -0.4 is 0 Å². The molecule has 0 unspecified atom stereocenters. The molecule has 0 aliphatic carbocycles. The predicted molar refractivity (Wildman–Crippen MR) is 52.0 cm³/mol. The zero-order chi connectivity index (χ0) is 9.26. The topological polar surface area (TPSA) is 26.0 Å². The fraction of sp³-hybridized carbons (Fsp3) is 0. The van der Waals surface area contributed by atoms with E-state index in [0.717, 1.165) is 5.56 Å². The Morgan fingerprint density at radius 3 is 2.31 bits per heavy atom. The number of rotatable bonds is 1. The van der Waals surface area contributed by atoms with Gasteiger partial charge in [0.2, 0.25) is 0 Å². The maximum absolute atomic E-state index is 5.73. The molecule has 2 rings (SSSR count). The van der Waals surface area contributed by atoms with Gasteiger partial charge in [-0.25, -0.2) is 0 Å². The highest BCUT2D eigenvalue weighted by Gasteiger charge is 2.03. The summed E-state index contributed by atoms with van der Waals surface area (Å²) in [6.07, 6.45) is 1.51. The lowest BCUT2D eigenvalue weighted by atomic mass is 10.2. The van der Waals surface area contributed by atoms with E-state index in [1.165, 1.54) is 6.26 Å². The number of hydrogen-bond donors (Lipinski definition) is 0. The van der Waals surface area contributed by atoms with Crippen molar-refractivity contribution in [1.82, 2.24) is 4.98 Å². The van der Waals surface area contributed by atoms with E-state index in [1.807, 2.05) is 12.1 Å². The molecule has 2 nitrogen and oxygen atoms in total. The van der Waals surface area contributed by atoms with Gasteiger partial charge in [0.25, 0.3) is 5.35 Å². The summed E-state index contributed by atoms with van der Waals surface area (Å²) in [5.41, 5.74) is 1.64. The third-order valence-corrected chi connectivity index (χ3v) is 2.04. The highest BCUT2D eigenvalue weighted by molar-refractivity contribution is 6.30. The normalized spacial score (nSPS) is 10.3. The summed E-state index contributed by atoms with van der Waals surface area (Å²) < 4.78 is 4.87. The highest BCUT2D eigenvalue weighted by atomic mass is 35.5. The molecule has 0 amide bonds. The molecular formula is C9H5Cl2NO. The van der Waals surface area contributed by atoms with Crippen molar-refractivity contribution in [1.29, 1.82) is 0 Å². The minimum absolute atomic E-state index is 0.143. The largest absolute Gasteiger partial charge is 0.436 e. The van der Waals surface area contributed by atoms with Crippen molar-refractivity contribution in [2.75, 3.05) is 0 Å². The SMILES string of the molecule is Clc1ccc(-c2coc(Cl)n2)cc1. The van der Waals surface area contributed by atoms with E-state index in [1.54, 1.807) is 12.1 Å². The summed E-state index contributed by atoms with van der Waals surface area (Å²) in [5.74, 6) is 0. The van der Waals surface area contributed by atoms with Gasteiger partial charge in [-0.1, -0.05) is 23.7 Å². The van der Waals surface area contributed by atoms with Crippen molar-refractivity contribution in [3.8, 4) is 11.3 Å². The van der Waals surface area contributed by atoms with E-state index in [9.17, 15) is 0 Å². The van der Waals surface area contributed by atoms with Crippen molar-refractivity contribution in [2.24, 2.45) is 0 Å². The van der Waals surface area contributed by atoms with Crippen LogP contribution in [0.1, 0.15) is 0 Å². The zero-order valence-electron chi connectivity index (χ0n) is 6.50. The first-order valence-electron chi connectivity index (χ1n) is 3.63. The monoisotopic (exact) mass is 213 g/mol. The molecule has 0 N–H and O–H groups in total. The third kappa shape index (κ3) is 1.85. The van der Waals surface area contributed by atoms with Crippen LogP contribution in [0.25, 0.3) is 11.3 Å². The van der Waals surface area contributed by atoms with Gasteiger partial charge in [-0.15, -0.1) is 0 Å². The lowest BCUT2D eigenvalue weighted by molar-refractivity contribution is 0.560. The Kier molecular flexibility index (Phi) is 2.25. The lowest BCUT2D eigenvalue weighted by Gasteiger charge is -1.93. The quantitative estimate of drug-likeness (QED) is 0.723. The summed E-state index contributed by atoms with van der Waals surface area (Å²) >= 11 is 11.3. The van der Waals surface area contributed by atoms with Crippen LogP contribution in [0.2, 0.25) is 10.4 Å². The molecule has 13 heavy (non-hydrogen) atoms. The average Bonchev–Trinajstić information content (AvgIpc) is 2.53. The van der Waals surface area contributed by atoms with E-state index in [0.29, 0.717) is 10.7 Å². The summed E-state index contributed by atoms with van der Waals surface area (Å²) in [6.45, 7) is 0. The van der Waals surface area contributed by atoms with Gasteiger partial charge in [0.05, 0.1) is 0 Å². The van der Waals surface area contributed by atoms with Crippen LogP contribution in [0, 0.1) is 0 Å². The molecule has 1 aromatic heterocycles. The van der Waals surface area contributed by atoms with Crippen LogP contribution in [0.3, 0.4) is 0 Å². The summed E-state index contributed by atoms with van der Waals surface area (Å²) in [7, 11) is 0. The zero-order valence-corrected chi connectivity index (χ0v) is 8.01. The Balaban J connectivity index is 2.41. The van der Waals surface area contributed by atoms with Crippen molar-refractivity contribution in [3.63, 3.8) is 0 Å². The number of benzene rings is 1. The Labute approximate surface area is 85.1 Å². The van der Waals surface area contributed by atoms with E-state index < -0.39 is 0 Å². The Bertz CT molecular complexity index is 408. The van der Waals surface area contributed by atoms with Crippen LogP contribution in [0.5, 0.6) is 0 Å². The molecule has 0 radical (unpaired) electrons. The minimum Gasteiger partial charge on any atom is -0.436 e. The minimum atomic E-state index is 0.143. The highest BCUT2D eigenvalue weighted by Crippen LogP contribution is 2.22. The summed E-state index contributed by atoms with van der Waals surface area (Å²) in [6, 6.07) is 7.30. The lowest BCUT2D eigenvalue weighted by Crippen LogP contribution is -1.75. The summed E-state index contributed by atoms with van der Waals surface area (Å²) in [4.78, 5) is 3.97. The number of hydrogen-bond acceptors (Lipinski definition) is 2. The molecule has 0 aliphatic rings. The van der Waals surface area contributed by atoms with Crippen LogP contribution in [-0.4, -0.2) is 4.98 Å². The van der Waals surface area contributed by atoms with E-state index in [-0.39, 0.29) is 5.35 Å². The molecule has 0 atom stereocenters. The smallest absolute Gasteiger partial charge is 0.292 e. The van der Waals surface area contributed by atoms with Gasteiger partial charge in [0.1, 0.15) is 12.0 Å². The fourth-order valence-corrected chi connectivity index (χ4v) is 1.27. The second kappa shape index (κ2) is 3.40. The van der Waals surface area contributed by atoms with Gasteiger partial charge < -0.3 is 4.42 Å². The van der Waals surface area contributed by atoms with Crippen LogP contribution in [-0.2, 0) is 0 Å². The number of halogens is 2. The van der Waals surface area contributed by atoms with E-state index in [4.69, 9.17) is 27.6 Å². The fourth-order valence-electron chi connectivity index (χ4n) is 1.01. The molecule has 0 aliphatic heterocycles. The van der Waals surface area contributed by atoms with Crippen LogP contribution in [0.4, 0.5) is 0 Å². The Morgan fingerprint density at radius 1 is 1.08 bits per heavy atom. The van der Waals surface area contributed by atoms with Crippen molar-refractivity contribution in [2.45, 2.75) is 0 Å². The van der Waals surface area contributed by atoms with E-state index >= 15 is 0 Å². The first-order valence-corrected chi connectivity index (χ1v) is 4.38. The van der Waals surface area contributed by atoms with Crippen molar-refractivity contribution >= 4 is 23.2 Å². The molecular weight excluding hydrogens is 209 g/mol. The van der Waals surface area contributed by atoms with Crippen molar-refractivity contribution < 1.29 is 4.42 Å². The summed E-state index contributed by atoms with van der Waals surface area (Å²) in [5, 5.41) is 0.836. The second-order valence-corrected chi connectivity index (χ2v) is 3.25. The number of aromatic nitrogens is 1. The standard InChI is InChI=1S/C9H5Cl2NO/c10-7-3-1-6(2-4-7)8-5-13-9(11)12-8/h1-5H. The number of nitrogens with zero attached hydrogens (tertiary/aromatic N) is 1. The number of oxazole rings is 1. The molecule has 4 heteroatoms. The van der Waals surface area contributed by atoms with Crippen LogP contribution in [0.15, 0.2) is 34.9 Å². The maximum Gasteiger partial charge on any atom is 0.292 e. The maximum atomic E-state index is 5.73. The second-order valence-electron chi connectivity index (χ2n) is 2.49. The predicted octanol–water partition coefficient (Wildman–Crippen LogP) is 3.65. The molecule has 66 valence electrons. The molecule has 0 fully saturated rings. The van der Waals surface area contributed by atoms with Gasteiger partial charge in [-0.2, -0.15) is 4.98 Å². The van der Waals surface area contributed by atoms with Crippen LogP contribution >= 0.6 is 23.2 Å². The first kappa shape index (κ1) is 8.60.